The van der Waals surface area contributed by atoms with Crippen LogP contribution in [0.3, 0.4) is 0 Å². The lowest BCUT2D eigenvalue weighted by atomic mass is 9.96. The number of anilines is 1. The first kappa shape index (κ1) is 23.6. The van der Waals surface area contributed by atoms with Crippen molar-refractivity contribution in [3.05, 3.63) is 54.1 Å². The van der Waals surface area contributed by atoms with Crippen LogP contribution in [-0.4, -0.2) is 51.9 Å². The molecule has 8 nitrogen and oxygen atoms in total. The maximum Gasteiger partial charge on any atom is 0.261 e. The summed E-state index contributed by atoms with van der Waals surface area (Å²) in [5.74, 6) is 0.194. The third kappa shape index (κ3) is 5.79. The topological polar surface area (TPSA) is 105 Å². The van der Waals surface area contributed by atoms with Crippen LogP contribution in [-0.2, 0) is 14.8 Å². The van der Waals surface area contributed by atoms with Gasteiger partial charge in [0.15, 0.2) is 0 Å². The van der Waals surface area contributed by atoms with Gasteiger partial charge in [0.1, 0.15) is 5.75 Å². The molecule has 0 spiro atoms. The summed E-state index contributed by atoms with van der Waals surface area (Å²) in [5.41, 5.74) is 0.805. The Labute approximate surface area is 189 Å². The molecule has 0 radical (unpaired) electrons. The van der Waals surface area contributed by atoms with Gasteiger partial charge in [-0.2, -0.15) is 0 Å². The second-order valence-corrected chi connectivity index (χ2v) is 9.42. The highest BCUT2D eigenvalue weighted by molar-refractivity contribution is 7.92. The Kier molecular flexibility index (Phi) is 7.74. The van der Waals surface area contributed by atoms with Gasteiger partial charge in [-0.15, -0.1) is 0 Å². The lowest BCUT2D eigenvalue weighted by Crippen LogP contribution is -2.45. The summed E-state index contributed by atoms with van der Waals surface area (Å²) in [6.45, 7) is 3.62. The number of sulfonamides is 1. The summed E-state index contributed by atoms with van der Waals surface area (Å²) < 4.78 is 32.7. The lowest BCUT2D eigenvalue weighted by Gasteiger charge is -2.32. The molecule has 9 heteroatoms. The summed E-state index contributed by atoms with van der Waals surface area (Å²) in [5, 5.41) is 2.90. The van der Waals surface area contributed by atoms with E-state index in [0.29, 0.717) is 36.6 Å². The van der Waals surface area contributed by atoms with Crippen molar-refractivity contribution in [2.45, 2.75) is 31.1 Å². The number of nitrogens with zero attached hydrogens (tertiary/aromatic N) is 1. The molecule has 2 aromatic carbocycles. The molecule has 1 atom stereocenters. The van der Waals surface area contributed by atoms with Gasteiger partial charge in [-0.3, -0.25) is 14.3 Å². The molecule has 32 heavy (non-hydrogen) atoms. The Morgan fingerprint density at radius 3 is 2.41 bits per heavy atom. The molecule has 1 fully saturated rings. The van der Waals surface area contributed by atoms with Crippen molar-refractivity contribution < 1.29 is 22.7 Å². The molecule has 1 saturated heterocycles. The number of rotatable bonds is 8. The van der Waals surface area contributed by atoms with Crippen LogP contribution in [0.5, 0.6) is 5.75 Å². The van der Waals surface area contributed by atoms with Crippen LogP contribution < -0.4 is 14.8 Å². The van der Waals surface area contributed by atoms with Gasteiger partial charge in [-0.05, 0) is 67.8 Å². The first-order valence-corrected chi connectivity index (χ1v) is 12.2. The summed E-state index contributed by atoms with van der Waals surface area (Å²) in [6, 6.07) is 12.4. The SMILES string of the molecule is CCCNC(=O)[C@@H]1CCCN(C(=O)c2ccc(NS(=O)(=O)c3ccc(OC)cc3)cc2)C1. The van der Waals surface area contributed by atoms with Crippen LogP contribution in [0.2, 0.25) is 0 Å². The molecule has 0 aromatic heterocycles. The Balaban J connectivity index is 1.64. The summed E-state index contributed by atoms with van der Waals surface area (Å²) in [6.07, 6.45) is 2.41. The van der Waals surface area contributed by atoms with Gasteiger partial charge in [0.05, 0.1) is 17.9 Å². The molecule has 0 bridgehead atoms. The summed E-state index contributed by atoms with van der Waals surface area (Å²) in [7, 11) is -2.25. The highest BCUT2D eigenvalue weighted by Crippen LogP contribution is 2.22. The smallest absolute Gasteiger partial charge is 0.261 e. The number of benzene rings is 2. The molecular formula is C23H29N3O5S. The number of hydrogen-bond donors (Lipinski definition) is 2. The molecule has 1 aliphatic heterocycles. The van der Waals surface area contributed by atoms with Crippen LogP contribution in [0.1, 0.15) is 36.5 Å². The molecule has 0 aliphatic carbocycles. The zero-order valence-electron chi connectivity index (χ0n) is 18.3. The molecule has 172 valence electrons. The van der Waals surface area contributed by atoms with Crippen LogP contribution >= 0.6 is 0 Å². The molecule has 0 unspecified atom stereocenters. The van der Waals surface area contributed by atoms with Crippen LogP contribution in [0.4, 0.5) is 5.69 Å². The van der Waals surface area contributed by atoms with Crippen molar-refractivity contribution in [1.82, 2.24) is 10.2 Å². The number of amides is 2. The fourth-order valence-electron chi connectivity index (χ4n) is 3.60. The van der Waals surface area contributed by atoms with E-state index in [1.807, 2.05) is 6.92 Å². The molecular weight excluding hydrogens is 430 g/mol. The predicted molar refractivity (Wildman–Crippen MR) is 122 cm³/mol. The van der Waals surface area contributed by atoms with E-state index in [0.717, 1.165) is 19.3 Å². The third-order valence-corrected chi connectivity index (χ3v) is 6.78. The highest BCUT2D eigenvalue weighted by Gasteiger charge is 2.28. The molecule has 1 aliphatic rings. The molecule has 1 heterocycles. The van der Waals surface area contributed by atoms with Crippen molar-refractivity contribution in [3.63, 3.8) is 0 Å². The second kappa shape index (κ2) is 10.5. The minimum Gasteiger partial charge on any atom is -0.497 e. The van der Waals surface area contributed by atoms with Gasteiger partial charge in [0.25, 0.3) is 15.9 Å². The maximum atomic E-state index is 12.9. The monoisotopic (exact) mass is 459 g/mol. The Hall–Kier alpha value is -3.07. The Bertz CT molecular complexity index is 1040. The normalized spacial score (nSPS) is 16.3. The fraction of sp³-hybridized carbons (Fsp3) is 0.391. The number of methoxy groups -OCH3 is 1. The molecule has 2 amide bonds. The van der Waals surface area contributed by atoms with Crippen molar-refractivity contribution in [3.8, 4) is 5.75 Å². The van der Waals surface area contributed by atoms with Crippen molar-refractivity contribution in [2.75, 3.05) is 31.5 Å². The quantitative estimate of drug-likeness (QED) is 0.632. The summed E-state index contributed by atoms with van der Waals surface area (Å²) >= 11 is 0. The standard InChI is InChI=1S/C23H29N3O5S/c1-3-14-24-22(27)18-5-4-15-26(16-18)23(28)17-6-8-19(9-7-17)25-32(29,30)21-12-10-20(31-2)11-13-21/h6-13,18,25H,3-5,14-16H2,1-2H3,(H,24,27)/t18-/m1/s1. The van der Waals surface area contributed by atoms with Gasteiger partial charge < -0.3 is 15.0 Å². The number of likely N-dealkylation sites (tertiary alicyclic amines) is 1. The number of ether oxygens (including phenoxy) is 1. The van der Waals surface area contributed by atoms with Gasteiger partial charge in [0.2, 0.25) is 5.91 Å². The minimum absolute atomic E-state index is 0.00682. The maximum absolute atomic E-state index is 12.9. The lowest BCUT2D eigenvalue weighted by molar-refractivity contribution is -0.126. The van der Waals surface area contributed by atoms with Gasteiger partial charge in [0, 0.05) is 30.9 Å². The van der Waals surface area contributed by atoms with E-state index in [4.69, 9.17) is 4.74 Å². The number of carbonyl (C=O) groups is 2. The van der Waals surface area contributed by atoms with E-state index in [1.54, 1.807) is 41.3 Å². The highest BCUT2D eigenvalue weighted by atomic mass is 32.2. The average molecular weight is 460 g/mol. The first-order chi connectivity index (χ1) is 15.3. The number of carbonyl (C=O) groups excluding carboxylic acids is 2. The number of piperidine rings is 1. The molecule has 0 saturated carbocycles. The molecule has 2 N–H and O–H groups in total. The molecule has 3 rings (SSSR count). The summed E-state index contributed by atoms with van der Waals surface area (Å²) in [4.78, 5) is 27.0. The zero-order valence-corrected chi connectivity index (χ0v) is 19.2. The Morgan fingerprint density at radius 1 is 1.09 bits per heavy atom. The van der Waals surface area contributed by atoms with E-state index >= 15 is 0 Å². The van der Waals surface area contributed by atoms with Gasteiger partial charge in [-0.1, -0.05) is 6.92 Å². The minimum atomic E-state index is -3.76. The predicted octanol–water partition coefficient (Wildman–Crippen LogP) is 2.87. The van der Waals surface area contributed by atoms with E-state index in [1.165, 1.54) is 19.2 Å². The van der Waals surface area contributed by atoms with Crippen LogP contribution in [0.15, 0.2) is 53.4 Å². The van der Waals surface area contributed by atoms with Crippen molar-refractivity contribution in [1.29, 1.82) is 0 Å². The van der Waals surface area contributed by atoms with Crippen molar-refractivity contribution >= 4 is 27.5 Å². The fourth-order valence-corrected chi connectivity index (χ4v) is 4.66. The van der Waals surface area contributed by atoms with Crippen LogP contribution in [0, 0.1) is 5.92 Å². The number of nitrogens with one attached hydrogen (secondary N) is 2. The average Bonchev–Trinajstić information content (AvgIpc) is 2.82. The second-order valence-electron chi connectivity index (χ2n) is 7.74. The van der Waals surface area contributed by atoms with Gasteiger partial charge >= 0.3 is 0 Å². The van der Waals surface area contributed by atoms with Crippen molar-refractivity contribution in [2.24, 2.45) is 5.92 Å². The van der Waals surface area contributed by atoms with E-state index in [-0.39, 0.29) is 22.6 Å². The number of hydrogen-bond acceptors (Lipinski definition) is 5. The van der Waals surface area contributed by atoms with E-state index in [2.05, 4.69) is 10.0 Å². The largest absolute Gasteiger partial charge is 0.497 e. The molecule has 2 aromatic rings. The third-order valence-electron chi connectivity index (χ3n) is 5.38. The first-order valence-electron chi connectivity index (χ1n) is 10.7. The zero-order chi connectivity index (χ0) is 23.1. The van der Waals surface area contributed by atoms with E-state index in [9.17, 15) is 18.0 Å². The Morgan fingerprint density at radius 2 is 1.78 bits per heavy atom. The van der Waals surface area contributed by atoms with Gasteiger partial charge in [-0.25, -0.2) is 8.42 Å². The van der Waals surface area contributed by atoms with Crippen LogP contribution in [0.25, 0.3) is 0 Å². The van der Waals surface area contributed by atoms with E-state index < -0.39 is 10.0 Å².